The van der Waals surface area contributed by atoms with E-state index >= 15 is 0 Å². The second-order valence-corrected chi connectivity index (χ2v) is 6.39. The van der Waals surface area contributed by atoms with Crippen LogP contribution in [-0.2, 0) is 10.3 Å². The molecule has 0 saturated heterocycles. The molecule has 0 bridgehead atoms. The van der Waals surface area contributed by atoms with Crippen molar-refractivity contribution in [2.24, 2.45) is 5.73 Å². The minimum absolute atomic E-state index is 0.323. The first kappa shape index (κ1) is 14.6. The Kier molecular flexibility index (Phi) is 4.05. The lowest BCUT2D eigenvalue weighted by Crippen LogP contribution is -2.41. The van der Waals surface area contributed by atoms with Crippen molar-refractivity contribution in [2.45, 2.75) is 37.8 Å². The lowest BCUT2D eigenvalue weighted by atomic mass is 9.95. The monoisotopic (exact) mass is 352 g/mol. The second-order valence-electron chi connectivity index (χ2n) is 5.54. The molecule has 0 aliphatic heterocycles. The van der Waals surface area contributed by atoms with Crippen molar-refractivity contribution in [3.05, 3.63) is 28.6 Å². The minimum atomic E-state index is -0.779. The average Bonchev–Trinajstić information content (AvgIpc) is 2.87. The molecule has 6 nitrogen and oxygen atoms in total. The molecule has 2 heterocycles. The Morgan fingerprint density at radius 1 is 1.52 bits per heavy atom. The summed E-state index contributed by atoms with van der Waals surface area (Å²) in [6.07, 6.45) is 5.43. The van der Waals surface area contributed by atoms with Crippen molar-refractivity contribution in [3.63, 3.8) is 0 Å². The van der Waals surface area contributed by atoms with Gasteiger partial charge in [-0.2, -0.15) is 4.98 Å². The molecule has 21 heavy (non-hydrogen) atoms. The van der Waals surface area contributed by atoms with Gasteiger partial charge in [-0.25, -0.2) is 4.98 Å². The topological polar surface area (TPSA) is 87.1 Å². The van der Waals surface area contributed by atoms with Crippen molar-refractivity contribution < 1.29 is 9.26 Å². The van der Waals surface area contributed by atoms with Crippen molar-refractivity contribution in [2.75, 3.05) is 6.61 Å². The normalized spacial score (nSPS) is 18.2. The fourth-order valence-corrected chi connectivity index (χ4v) is 2.41. The summed E-state index contributed by atoms with van der Waals surface area (Å²) < 4.78 is 11.8. The lowest BCUT2D eigenvalue weighted by Gasteiger charge is -2.29. The summed E-state index contributed by atoms with van der Waals surface area (Å²) in [5, 5.41) is 3.98. The van der Waals surface area contributed by atoms with Gasteiger partial charge >= 0.3 is 0 Å². The first-order valence-corrected chi connectivity index (χ1v) is 7.71. The van der Waals surface area contributed by atoms with E-state index in [4.69, 9.17) is 15.0 Å². The molecule has 1 aliphatic carbocycles. The molecule has 7 heteroatoms. The van der Waals surface area contributed by atoms with Crippen LogP contribution in [0.2, 0.25) is 0 Å². The molecule has 1 atom stereocenters. The zero-order valence-electron chi connectivity index (χ0n) is 11.8. The number of hydrogen-bond donors (Lipinski definition) is 1. The van der Waals surface area contributed by atoms with E-state index in [1.54, 1.807) is 6.20 Å². The summed E-state index contributed by atoms with van der Waals surface area (Å²) in [6.45, 7) is 2.22. The highest BCUT2D eigenvalue weighted by atomic mass is 79.9. The molecule has 1 unspecified atom stereocenters. The molecule has 2 aromatic heterocycles. The maximum Gasteiger partial charge on any atom is 0.277 e. The van der Waals surface area contributed by atoms with Crippen LogP contribution >= 0.6 is 15.9 Å². The molecule has 0 spiro atoms. The predicted molar refractivity (Wildman–Crippen MR) is 80.4 cm³/mol. The van der Waals surface area contributed by atoms with Gasteiger partial charge in [0.15, 0.2) is 5.82 Å². The van der Waals surface area contributed by atoms with Crippen LogP contribution in [0.4, 0.5) is 0 Å². The van der Waals surface area contributed by atoms with E-state index < -0.39 is 5.54 Å². The molecule has 1 fully saturated rings. The molecule has 3 rings (SSSR count). The first-order valence-electron chi connectivity index (χ1n) is 6.92. The highest BCUT2D eigenvalue weighted by molar-refractivity contribution is 9.10. The largest absolute Gasteiger partial charge is 0.376 e. The number of pyridine rings is 1. The van der Waals surface area contributed by atoms with E-state index in [1.807, 2.05) is 19.1 Å². The quantitative estimate of drug-likeness (QED) is 0.889. The van der Waals surface area contributed by atoms with Gasteiger partial charge in [0, 0.05) is 10.7 Å². The molecule has 112 valence electrons. The number of nitrogens with zero attached hydrogens (tertiary/aromatic N) is 3. The smallest absolute Gasteiger partial charge is 0.277 e. The Bertz CT molecular complexity index is 625. The van der Waals surface area contributed by atoms with Gasteiger partial charge in [0.2, 0.25) is 0 Å². The van der Waals surface area contributed by atoms with E-state index in [9.17, 15) is 0 Å². The van der Waals surface area contributed by atoms with Gasteiger partial charge in [0.05, 0.1) is 12.7 Å². The third-order valence-electron chi connectivity index (χ3n) is 3.57. The fraction of sp³-hybridized carbons (Fsp3) is 0.500. The lowest BCUT2D eigenvalue weighted by molar-refractivity contribution is -0.0222. The Hall–Kier alpha value is -1.31. The molecule has 0 amide bonds. The number of rotatable bonds is 5. The zero-order valence-corrected chi connectivity index (χ0v) is 13.3. The number of hydrogen-bond acceptors (Lipinski definition) is 6. The fourth-order valence-electron chi connectivity index (χ4n) is 1.99. The molecule has 1 aliphatic rings. The van der Waals surface area contributed by atoms with E-state index in [0.717, 1.165) is 17.3 Å². The van der Waals surface area contributed by atoms with E-state index in [1.165, 1.54) is 6.42 Å². The van der Waals surface area contributed by atoms with Gasteiger partial charge in [-0.05, 0) is 54.2 Å². The van der Waals surface area contributed by atoms with E-state index in [-0.39, 0.29) is 0 Å². The highest BCUT2D eigenvalue weighted by Crippen LogP contribution is 2.27. The van der Waals surface area contributed by atoms with Gasteiger partial charge in [-0.3, -0.25) is 0 Å². The number of nitrogens with two attached hydrogens (primary N) is 1. The van der Waals surface area contributed by atoms with Crippen LogP contribution in [0.25, 0.3) is 11.6 Å². The Morgan fingerprint density at radius 3 is 3.00 bits per heavy atom. The summed E-state index contributed by atoms with van der Waals surface area (Å²) >= 11 is 3.41. The number of ether oxygens (including phenoxy) is 1. The number of halogens is 1. The first-order chi connectivity index (χ1) is 10.1. The standard InChI is InChI=1S/C14H17BrN4O2/c1-14(16,8-20-9-4-2-5-9)13-18-12(21-19-13)11-10(15)6-3-7-17-11/h3,6-7,9H,2,4-5,8,16H2,1H3. The summed E-state index contributed by atoms with van der Waals surface area (Å²) in [5.41, 5.74) is 6.08. The van der Waals surface area contributed by atoms with Gasteiger partial charge in [0.25, 0.3) is 5.89 Å². The molecular formula is C14H17BrN4O2. The van der Waals surface area contributed by atoms with Crippen LogP contribution in [0.5, 0.6) is 0 Å². The minimum Gasteiger partial charge on any atom is -0.376 e. The van der Waals surface area contributed by atoms with Crippen molar-refractivity contribution in [1.82, 2.24) is 15.1 Å². The average molecular weight is 353 g/mol. The molecule has 0 radical (unpaired) electrons. The predicted octanol–water partition coefficient (Wildman–Crippen LogP) is 2.64. The van der Waals surface area contributed by atoms with Crippen molar-refractivity contribution in [3.8, 4) is 11.6 Å². The third-order valence-corrected chi connectivity index (χ3v) is 4.21. The van der Waals surface area contributed by atoms with E-state index in [2.05, 4.69) is 31.1 Å². The van der Waals surface area contributed by atoms with Crippen molar-refractivity contribution >= 4 is 15.9 Å². The van der Waals surface area contributed by atoms with Crippen LogP contribution in [-0.4, -0.2) is 27.8 Å². The summed E-state index contributed by atoms with van der Waals surface area (Å²) in [4.78, 5) is 8.58. The highest BCUT2D eigenvalue weighted by Gasteiger charge is 2.31. The molecule has 0 aromatic carbocycles. The summed E-state index contributed by atoms with van der Waals surface area (Å²) in [5.74, 6) is 0.771. The van der Waals surface area contributed by atoms with Crippen molar-refractivity contribution in [1.29, 1.82) is 0 Å². The second kappa shape index (κ2) is 5.82. The molecule has 2 aromatic rings. The van der Waals surface area contributed by atoms with Crippen LogP contribution in [0.15, 0.2) is 27.3 Å². The van der Waals surface area contributed by atoms with Gasteiger partial charge in [0.1, 0.15) is 11.2 Å². The van der Waals surface area contributed by atoms with Crippen LogP contribution < -0.4 is 5.73 Å². The van der Waals surface area contributed by atoms with Crippen LogP contribution in [0.3, 0.4) is 0 Å². The molecule has 2 N–H and O–H groups in total. The Balaban J connectivity index is 1.75. The maximum atomic E-state index is 6.25. The van der Waals surface area contributed by atoms with E-state index in [0.29, 0.717) is 30.1 Å². The summed E-state index contributed by atoms with van der Waals surface area (Å²) in [7, 11) is 0. The van der Waals surface area contributed by atoms with Gasteiger partial charge in [-0.15, -0.1) is 0 Å². The van der Waals surface area contributed by atoms with Crippen LogP contribution in [0, 0.1) is 0 Å². The number of aromatic nitrogens is 3. The maximum absolute atomic E-state index is 6.25. The Morgan fingerprint density at radius 2 is 2.33 bits per heavy atom. The SMILES string of the molecule is CC(N)(COC1CCC1)c1noc(-c2ncccc2Br)n1. The Labute approximate surface area is 131 Å². The summed E-state index contributed by atoms with van der Waals surface area (Å²) in [6, 6.07) is 3.69. The molecule has 1 saturated carbocycles. The third kappa shape index (κ3) is 3.14. The molecular weight excluding hydrogens is 336 g/mol. The zero-order chi connectivity index (χ0) is 14.9. The van der Waals surface area contributed by atoms with Gasteiger partial charge in [-0.1, -0.05) is 5.16 Å². The van der Waals surface area contributed by atoms with Crippen LogP contribution in [0.1, 0.15) is 32.0 Å². The van der Waals surface area contributed by atoms with Gasteiger partial charge < -0.3 is 15.0 Å².